The van der Waals surface area contributed by atoms with Gasteiger partial charge in [-0.25, -0.2) is 4.79 Å². The van der Waals surface area contributed by atoms with Gasteiger partial charge in [0.25, 0.3) is 0 Å². The Hall–Kier alpha value is -2.04. The van der Waals surface area contributed by atoms with Gasteiger partial charge < -0.3 is 15.3 Å². The van der Waals surface area contributed by atoms with Gasteiger partial charge in [-0.05, 0) is 30.4 Å². The van der Waals surface area contributed by atoms with Crippen LogP contribution in [0.3, 0.4) is 0 Å². The Kier molecular flexibility index (Phi) is 4.61. The number of aliphatic carboxylic acids is 1. The number of nitrogens with one attached hydrogen (secondary N) is 1. The molecule has 2 amide bonds. The summed E-state index contributed by atoms with van der Waals surface area (Å²) >= 11 is 0. The molecule has 1 aromatic carbocycles. The number of likely N-dealkylation sites (tertiary alicyclic amines) is 1. The van der Waals surface area contributed by atoms with E-state index in [0.29, 0.717) is 17.2 Å². The second-order valence-electron chi connectivity index (χ2n) is 5.33. The van der Waals surface area contributed by atoms with Gasteiger partial charge in [0.2, 0.25) is 0 Å². The predicted molar refractivity (Wildman–Crippen MR) is 76.8 cm³/mol. The largest absolute Gasteiger partial charge is 0.481 e. The van der Waals surface area contributed by atoms with Crippen molar-refractivity contribution in [1.29, 1.82) is 0 Å². The average Bonchev–Trinajstić information content (AvgIpc) is 2.41. The van der Waals surface area contributed by atoms with Crippen molar-refractivity contribution in [2.75, 3.05) is 18.4 Å². The number of amides is 2. The summed E-state index contributed by atoms with van der Waals surface area (Å²) in [5.41, 5.74) is 1.21. The molecule has 2 N–H and O–H groups in total. The van der Waals surface area contributed by atoms with Crippen molar-refractivity contribution in [2.45, 2.75) is 26.2 Å². The molecule has 1 fully saturated rings. The minimum absolute atomic E-state index is 0.0898. The Morgan fingerprint density at radius 2 is 1.95 bits per heavy atom. The fourth-order valence-electron chi connectivity index (χ4n) is 2.37. The molecule has 0 spiro atoms. The lowest BCUT2D eigenvalue weighted by Crippen LogP contribution is -2.40. The molecule has 2 rings (SSSR count). The third-order valence-corrected chi connectivity index (χ3v) is 3.67. The average molecular weight is 276 g/mol. The van der Waals surface area contributed by atoms with Gasteiger partial charge in [-0.2, -0.15) is 0 Å². The molecule has 0 aliphatic carbocycles. The van der Waals surface area contributed by atoms with E-state index in [1.165, 1.54) is 0 Å². The first-order chi connectivity index (χ1) is 9.56. The summed E-state index contributed by atoms with van der Waals surface area (Å²) in [6.07, 6.45) is 1.95. The number of para-hydroxylation sites is 1. The number of piperidine rings is 1. The Morgan fingerprint density at radius 1 is 1.30 bits per heavy atom. The van der Waals surface area contributed by atoms with Crippen LogP contribution in [0.4, 0.5) is 10.5 Å². The van der Waals surface area contributed by atoms with E-state index in [1.807, 2.05) is 0 Å². The van der Waals surface area contributed by atoms with Crippen LogP contribution in [0.2, 0.25) is 0 Å². The molecule has 1 heterocycles. The van der Waals surface area contributed by atoms with Gasteiger partial charge in [-0.15, -0.1) is 0 Å². The number of nitrogens with zero attached hydrogens (tertiary/aromatic N) is 1. The third kappa shape index (κ3) is 3.73. The lowest BCUT2D eigenvalue weighted by molar-refractivity contribution is -0.136. The molecule has 1 aliphatic heterocycles. The number of benzene rings is 1. The first-order valence-corrected chi connectivity index (χ1v) is 6.92. The number of anilines is 1. The van der Waals surface area contributed by atoms with Crippen LogP contribution in [0.1, 0.15) is 25.3 Å². The number of hydrogen-bond acceptors (Lipinski definition) is 2. The van der Waals surface area contributed by atoms with Gasteiger partial charge in [-0.3, -0.25) is 4.79 Å². The van der Waals surface area contributed by atoms with Crippen LogP contribution < -0.4 is 5.32 Å². The van der Waals surface area contributed by atoms with Crippen molar-refractivity contribution < 1.29 is 14.7 Å². The molecule has 0 saturated carbocycles. The molecule has 5 heteroatoms. The number of carbonyl (C=O) groups excluding carboxylic acids is 1. The highest BCUT2D eigenvalue weighted by molar-refractivity contribution is 5.91. The van der Waals surface area contributed by atoms with E-state index in [4.69, 9.17) is 5.11 Å². The zero-order valence-electron chi connectivity index (χ0n) is 11.6. The summed E-state index contributed by atoms with van der Waals surface area (Å²) in [5.74, 6) is -0.239. The van der Waals surface area contributed by atoms with Gasteiger partial charge in [0.15, 0.2) is 0 Å². The zero-order valence-corrected chi connectivity index (χ0v) is 11.6. The van der Waals surface area contributed by atoms with Gasteiger partial charge >= 0.3 is 12.0 Å². The van der Waals surface area contributed by atoms with Crippen LogP contribution >= 0.6 is 0 Å². The Labute approximate surface area is 118 Å². The van der Waals surface area contributed by atoms with Gasteiger partial charge in [0.05, 0.1) is 6.42 Å². The van der Waals surface area contributed by atoms with Gasteiger partial charge in [-0.1, -0.05) is 25.1 Å². The molecule has 0 unspecified atom stereocenters. The molecular weight excluding hydrogens is 256 g/mol. The highest BCUT2D eigenvalue weighted by Crippen LogP contribution is 2.19. The minimum atomic E-state index is -0.904. The number of carbonyl (C=O) groups is 2. The summed E-state index contributed by atoms with van der Waals surface area (Å²) in [6.45, 7) is 3.71. The second kappa shape index (κ2) is 6.41. The quantitative estimate of drug-likeness (QED) is 0.891. The van der Waals surface area contributed by atoms with E-state index >= 15 is 0 Å². The molecule has 5 nitrogen and oxygen atoms in total. The van der Waals surface area contributed by atoms with E-state index in [2.05, 4.69) is 12.2 Å². The summed E-state index contributed by atoms with van der Waals surface area (Å²) in [6, 6.07) is 6.88. The predicted octanol–water partition coefficient (Wildman–Crippen LogP) is 2.58. The number of carboxylic acid groups (broad SMARTS) is 1. The first kappa shape index (κ1) is 14.4. The van der Waals surface area contributed by atoms with Crippen LogP contribution in [-0.4, -0.2) is 35.1 Å². The van der Waals surface area contributed by atoms with Gasteiger partial charge in [0.1, 0.15) is 0 Å². The molecule has 1 aliphatic rings. The molecular formula is C15H20N2O3. The van der Waals surface area contributed by atoms with E-state index < -0.39 is 5.97 Å². The third-order valence-electron chi connectivity index (χ3n) is 3.67. The van der Waals surface area contributed by atoms with E-state index in [1.54, 1.807) is 29.2 Å². The molecule has 0 aromatic heterocycles. The summed E-state index contributed by atoms with van der Waals surface area (Å²) < 4.78 is 0. The fraction of sp³-hybridized carbons (Fsp3) is 0.467. The van der Waals surface area contributed by atoms with Gasteiger partial charge in [0, 0.05) is 18.8 Å². The summed E-state index contributed by atoms with van der Waals surface area (Å²) in [5, 5.41) is 11.7. The Bertz CT molecular complexity index is 494. The highest BCUT2D eigenvalue weighted by atomic mass is 16.4. The maximum absolute atomic E-state index is 12.2. The van der Waals surface area contributed by atoms with Crippen molar-refractivity contribution in [3.05, 3.63) is 29.8 Å². The standard InChI is InChI=1S/C15H20N2O3/c1-11-6-8-17(9-7-11)15(20)16-13-5-3-2-4-12(13)10-14(18)19/h2-5,11H,6-10H2,1H3,(H,16,20)(H,18,19). The minimum Gasteiger partial charge on any atom is -0.481 e. The smallest absolute Gasteiger partial charge is 0.321 e. The number of urea groups is 1. The Balaban J connectivity index is 2.02. The van der Waals surface area contributed by atoms with Crippen LogP contribution in [0.25, 0.3) is 0 Å². The SMILES string of the molecule is CC1CCN(C(=O)Nc2ccccc2CC(=O)O)CC1. The molecule has 1 aromatic rings. The van der Waals surface area contributed by atoms with E-state index in [-0.39, 0.29) is 12.5 Å². The molecule has 1 saturated heterocycles. The summed E-state index contributed by atoms with van der Waals surface area (Å²) in [4.78, 5) is 24.8. The molecule has 20 heavy (non-hydrogen) atoms. The van der Waals surface area contributed by atoms with Crippen molar-refractivity contribution in [1.82, 2.24) is 4.90 Å². The molecule has 108 valence electrons. The van der Waals surface area contributed by atoms with Crippen LogP contribution in [0.5, 0.6) is 0 Å². The van der Waals surface area contributed by atoms with Crippen molar-refractivity contribution >= 4 is 17.7 Å². The maximum atomic E-state index is 12.2. The molecule has 0 bridgehead atoms. The zero-order chi connectivity index (χ0) is 14.5. The Morgan fingerprint density at radius 3 is 2.60 bits per heavy atom. The number of carboxylic acids is 1. The van der Waals surface area contributed by atoms with Crippen molar-refractivity contribution in [2.24, 2.45) is 5.92 Å². The highest BCUT2D eigenvalue weighted by Gasteiger charge is 2.20. The fourth-order valence-corrected chi connectivity index (χ4v) is 2.37. The van der Waals surface area contributed by atoms with Crippen LogP contribution in [0, 0.1) is 5.92 Å². The van der Waals surface area contributed by atoms with Crippen molar-refractivity contribution in [3.63, 3.8) is 0 Å². The maximum Gasteiger partial charge on any atom is 0.321 e. The van der Waals surface area contributed by atoms with Crippen molar-refractivity contribution in [3.8, 4) is 0 Å². The first-order valence-electron chi connectivity index (χ1n) is 6.92. The number of hydrogen-bond donors (Lipinski definition) is 2. The topological polar surface area (TPSA) is 69.6 Å². The van der Waals surface area contributed by atoms with Crippen LogP contribution in [0.15, 0.2) is 24.3 Å². The van der Waals surface area contributed by atoms with E-state index in [0.717, 1.165) is 25.9 Å². The lowest BCUT2D eigenvalue weighted by Gasteiger charge is -2.30. The second-order valence-corrected chi connectivity index (χ2v) is 5.33. The lowest BCUT2D eigenvalue weighted by atomic mass is 10.00. The number of rotatable bonds is 3. The molecule has 0 radical (unpaired) electrons. The summed E-state index contributed by atoms with van der Waals surface area (Å²) in [7, 11) is 0. The van der Waals surface area contributed by atoms with E-state index in [9.17, 15) is 9.59 Å². The molecule has 0 atom stereocenters. The monoisotopic (exact) mass is 276 g/mol. The van der Waals surface area contributed by atoms with Crippen LogP contribution in [-0.2, 0) is 11.2 Å². The normalized spacial score (nSPS) is 15.9.